The first-order valence-electron chi connectivity index (χ1n) is 26.3. The van der Waals surface area contributed by atoms with Crippen LogP contribution in [0.5, 0.6) is 11.5 Å². The molecule has 0 amide bonds. The third-order valence-corrected chi connectivity index (χ3v) is 20.6. The van der Waals surface area contributed by atoms with E-state index < -0.39 is 18.8 Å². The average molecular weight is 973 g/mol. The molecule has 2 spiro atoms. The second-order valence-electron chi connectivity index (χ2n) is 21.8. The van der Waals surface area contributed by atoms with Gasteiger partial charge >= 0.3 is 0 Å². The number of rotatable bonds is 2. The van der Waals surface area contributed by atoms with Crippen LogP contribution in [0.1, 0.15) is 61.2 Å². The zero-order valence-electron chi connectivity index (χ0n) is 41.5. The highest BCUT2D eigenvalue weighted by molar-refractivity contribution is 7.81. The highest BCUT2D eigenvalue weighted by Crippen LogP contribution is 2.67. The van der Waals surface area contributed by atoms with Gasteiger partial charge in [0.1, 0.15) is 11.5 Å². The van der Waals surface area contributed by atoms with E-state index in [1.807, 2.05) is 0 Å². The molecule has 0 unspecified atom stereocenters. The quantitative estimate of drug-likeness (QED) is 0.161. The summed E-state index contributed by atoms with van der Waals surface area (Å²) >= 11 is 0. The first kappa shape index (κ1) is 40.7. The monoisotopic (exact) mass is 972 g/mol. The molecule has 0 saturated carbocycles. The molecular weight excluding hydrogens is 928 g/mol. The second kappa shape index (κ2) is 13.9. The summed E-state index contributed by atoms with van der Waals surface area (Å²) in [5.74, 6) is 1.94. The Kier molecular flexibility index (Phi) is 7.54. The molecule has 0 saturated heterocycles. The van der Waals surface area contributed by atoms with Crippen molar-refractivity contribution in [1.82, 2.24) is 0 Å². The van der Waals surface area contributed by atoms with Crippen molar-refractivity contribution in [3.63, 3.8) is 0 Å². The van der Waals surface area contributed by atoms with Crippen LogP contribution in [0.4, 0.5) is 34.1 Å². The van der Waals surface area contributed by atoms with E-state index >= 15 is 0 Å². The minimum Gasteiger partial charge on any atom is -0.456 e. The molecule has 3 nitrogen and oxygen atoms in total. The molecule has 0 radical (unpaired) electrons. The molecule has 3 aliphatic heterocycles. The first-order valence-corrected chi connectivity index (χ1v) is 27.7. The van der Waals surface area contributed by atoms with Crippen LogP contribution < -0.4 is 30.5 Å². The largest absolute Gasteiger partial charge is 0.456 e. The Bertz CT molecular complexity index is 4080. The van der Waals surface area contributed by atoms with Crippen molar-refractivity contribution in [2.75, 3.05) is 9.80 Å². The summed E-state index contributed by atoms with van der Waals surface area (Å²) in [5.41, 5.74) is 31.1. The predicted octanol–water partition coefficient (Wildman–Crippen LogP) is 16.7. The summed E-state index contributed by atoms with van der Waals surface area (Å²) in [7, 11) is -1.04. The van der Waals surface area contributed by atoms with Crippen molar-refractivity contribution in [2.24, 2.45) is 0 Å². The number of fused-ring (bicyclic) bond motifs is 20. The number of aryl methyl sites for hydroxylation is 3. The van der Waals surface area contributed by atoms with Gasteiger partial charge in [-0.15, -0.1) is 0 Å². The van der Waals surface area contributed by atoms with Crippen LogP contribution in [0.15, 0.2) is 218 Å². The van der Waals surface area contributed by atoms with Gasteiger partial charge in [0.15, 0.2) is 0 Å². The van der Waals surface area contributed by atoms with Crippen molar-refractivity contribution in [1.29, 1.82) is 0 Å². The second-order valence-corrected chi connectivity index (χ2v) is 23.8. The third-order valence-electron chi connectivity index (χ3n) is 17.9. The molecule has 0 atom stereocenters. The number of nitrogens with zero attached hydrogens (tertiary/aromatic N) is 2. The number of ether oxygens (including phenoxy) is 1. The maximum absolute atomic E-state index is 7.31. The van der Waals surface area contributed by atoms with Crippen molar-refractivity contribution < 1.29 is 4.74 Å². The highest BCUT2D eigenvalue weighted by Gasteiger charge is 2.54. The van der Waals surface area contributed by atoms with Crippen LogP contribution in [-0.4, -0.2) is 0 Å². The van der Waals surface area contributed by atoms with Crippen LogP contribution in [0.25, 0.3) is 44.5 Å². The normalized spacial score (nSPS) is 15.6. The summed E-state index contributed by atoms with van der Waals surface area (Å²) in [4.78, 5) is 5.21. The molecule has 4 heteroatoms. The maximum atomic E-state index is 7.31. The summed E-state index contributed by atoms with van der Waals surface area (Å²) in [6, 6.07) is 83.9. The lowest BCUT2D eigenvalue weighted by molar-refractivity contribution is 0.488. The Balaban J connectivity index is 0.904. The Hall–Kier alpha value is -8.75. The first-order chi connectivity index (χ1) is 36.9. The van der Waals surface area contributed by atoms with Gasteiger partial charge in [0.05, 0.1) is 44.2 Å². The molecule has 4 aliphatic carbocycles. The number of hydrogen-bond acceptors (Lipinski definition) is 3. The fourth-order valence-electron chi connectivity index (χ4n) is 15.4. The zero-order chi connectivity index (χ0) is 49.2. The van der Waals surface area contributed by atoms with Crippen LogP contribution in [0.2, 0.25) is 0 Å². The standard InChI is InChI=1S/C71H45N2OP/c1-40-32-61-67-62(33-40)73(44-29-31-52-50-21-9-15-27-58(50)71(60(52)39-44)55-24-12-6-18-47(55)48-19-7-13-25-56(48)71)64-35-42(3)37-66-69(64)75(67)68-63(34-41(2)36-65(68)74-66)72(61)43-28-30-51-49-20-8-14-26-57(49)70(59(51)38-43)53-22-10-4-16-45(53)46-17-5-11-23-54(46)70/h4-39H,1-3H3. The third kappa shape index (κ3) is 4.72. The number of anilines is 6. The highest BCUT2D eigenvalue weighted by atomic mass is 31.1. The van der Waals surface area contributed by atoms with E-state index in [9.17, 15) is 0 Å². The van der Waals surface area contributed by atoms with Gasteiger partial charge in [0, 0.05) is 24.6 Å². The number of benzene rings is 11. The summed E-state index contributed by atoms with van der Waals surface area (Å²) in [6.45, 7) is 6.74. The Morgan fingerprint density at radius 2 is 0.573 bits per heavy atom. The van der Waals surface area contributed by atoms with E-state index in [1.165, 1.54) is 144 Å². The van der Waals surface area contributed by atoms with Gasteiger partial charge in [-0.25, -0.2) is 0 Å². The van der Waals surface area contributed by atoms with Gasteiger partial charge in [-0.05, 0) is 187 Å². The fourth-order valence-corrected chi connectivity index (χ4v) is 18.3. The molecule has 0 bridgehead atoms. The number of hydrogen-bond donors (Lipinski definition) is 0. The van der Waals surface area contributed by atoms with E-state index in [2.05, 4.69) is 249 Å². The lowest BCUT2D eigenvalue weighted by Crippen LogP contribution is -2.43. The van der Waals surface area contributed by atoms with Gasteiger partial charge in [-0.2, -0.15) is 0 Å². The van der Waals surface area contributed by atoms with Crippen molar-refractivity contribution >= 4 is 58.0 Å². The molecule has 0 N–H and O–H groups in total. The molecule has 0 fully saturated rings. The van der Waals surface area contributed by atoms with Crippen molar-refractivity contribution in [3.8, 4) is 56.0 Å². The van der Waals surface area contributed by atoms with Gasteiger partial charge in [-0.3, -0.25) is 0 Å². The van der Waals surface area contributed by atoms with Gasteiger partial charge in [0.25, 0.3) is 0 Å². The van der Waals surface area contributed by atoms with Crippen molar-refractivity contribution in [2.45, 2.75) is 31.6 Å². The van der Waals surface area contributed by atoms with Crippen LogP contribution >= 0.6 is 7.92 Å². The molecule has 18 rings (SSSR count). The fraction of sp³-hybridized carbons (Fsp3) is 0.0704. The van der Waals surface area contributed by atoms with E-state index in [1.54, 1.807) is 0 Å². The summed E-state index contributed by atoms with van der Waals surface area (Å²) in [6.07, 6.45) is 0. The molecular formula is C71H45N2OP. The lowest BCUT2D eigenvalue weighted by Gasteiger charge is -2.48. The summed E-state index contributed by atoms with van der Waals surface area (Å²) < 4.78 is 7.31. The lowest BCUT2D eigenvalue weighted by atomic mass is 9.70. The predicted molar refractivity (Wildman–Crippen MR) is 309 cm³/mol. The minimum atomic E-state index is -1.04. The maximum Gasteiger partial charge on any atom is 0.138 e. The van der Waals surface area contributed by atoms with E-state index in [0.29, 0.717) is 0 Å². The topological polar surface area (TPSA) is 15.7 Å². The molecule has 7 aliphatic rings. The SMILES string of the molecule is Cc1cc2c3c(c1)N(c1ccc4c(c1)C1(c5ccccc5-c5ccccc51)c1ccccc1-4)c1cc(C)cc4c1P3c1c(cc(C)cc1N4c1ccc3c(c1)C1(c4ccccc4-c4ccccc41)c1ccccc1-3)O2. The molecule has 11 aromatic carbocycles. The van der Waals surface area contributed by atoms with E-state index in [4.69, 9.17) is 4.74 Å². The molecule has 0 aromatic heterocycles. The Morgan fingerprint density at radius 1 is 0.293 bits per heavy atom. The average Bonchev–Trinajstić information content (AvgIpc) is 4.14. The Morgan fingerprint density at radius 3 is 0.907 bits per heavy atom. The van der Waals surface area contributed by atoms with Gasteiger partial charge < -0.3 is 14.5 Å². The Labute approximate surface area is 437 Å². The van der Waals surface area contributed by atoms with Crippen LogP contribution in [0.3, 0.4) is 0 Å². The molecule has 75 heavy (non-hydrogen) atoms. The van der Waals surface area contributed by atoms with E-state index in [0.717, 1.165) is 22.9 Å². The minimum absolute atomic E-state index is 0.466. The zero-order valence-corrected chi connectivity index (χ0v) is 42.4. The van der Waals surface area contributed by atoms with E-state index in [-0.39, 0.29) is 0 Å². The van der Waals surface area contributed by atoms with Crippen LogP contribution in [0, 0.1) is 20.8 Å². The summed E-state index contributed by atoms with van der Waals surface area (Å²) in [5, 5.41) is 3.96. The van der Waals surface area contributed by atoms with Gasteiger partial charge in [0.2, 0.25) is 0 Å². The van der Waals surface area contributed by atoms with Crippen molar-refractivity contribution in [3.05, 3.63) is 280 Å². The molecule has 11 aromatic rings. The van der Waals surface area contributed by atoms with Gasteiger partial charge in [-0.1, -0.05) is 158 Å². The smallest absolute Gasteiger partial charge is 0.138 e. The molecule has 3 heterocycles. The molecule has 350 valence electrons. The van der Waals surface area contributed by atoms with Crippen LogP contribution in [-0.2, 0) is 10.8 Å².